The van der Waals surface area contributed by atoms with E-state index in [1.165, 1.54) is 0 Å². The molecule has 0 amide bonds. The second-order valence-corrected chi connectivity index (χ2v) is 1.40. The molecule has 2 heteroatoms. The van der Waals surface area contributed by atoms with Crippen molar-refractivity contribution < 1.29 is 4.74 Å². The van der Waals surface area contributed by atoms with Gasteiger partial charge in [0.25, 0.3) is 0 Å². The number of rotatable bonds is 2. The average Bonchev–Trinajstić information content (AvgIpc) is 1.83. The average molecular weight is 115 g/mol. The van der Waals surface area contributed by atoms with Crippen LogP contribution >= 0.6 is 0 Å². The van der Waals surface area contributed by atoms with Gasteiger partial charge in [-0.05, 0) is 6.92 Å². The van der Waals surface area contributed by atoms with Crippen molar-refractivity contribution in [2.45, 2.75) is 20.3 Å². The molecule has 0 aromatic rings. The molecule has 48 valence electrons. The van der Waals surface area contributed by atoms with Crippen LogP contribution in [0.2, 0.25) is 0 Å². The number of aliphatic imine (C=N–C) groups is 1. The van der Waals surface area contributed by atoms with Gasteiger partial charge < -0.3 is 4.74 Å². The molecule has 0 fully saturated rings. The predicted octanol–water partition coefficient (Wildman–Crippen LogP) is 1.46. The summed E-state index contributed by atoms with van der Waals surface area (Å²) in [6.45, 7) is 4.71. The molecule has 0 aromatic heterocycles. The van der Waals surface area contributed by atoms with Crippen LogP contribution in [0.1, 0.15) is 20.3 Å². The molecule has 0 unspecified atom stereocenters. The van der Waals surface area contributed by atoms with Gasteiger partial charge in [-0.15, -0.1) is 0 Å². The minimum atomic E-state index is 0.723. The maximum Gasteiger partial charge on any atom is 0.182 e. The molecular formula is C6H13NO. The van der Waals surface area contributed by atoms with Gasteiger partial charge in [0.1, 0.15) is 0 Å². The van der Waals surface area contributed by atoms with E-state index in [9.17, 15) is 0 Å². The standard InChI is InChI=1S/C6H13NO/c1-4-6(7-3)8-5-2/h4-5H2,1-3H3. The van der Waals surface area contributed by atoms with Crippen molar-refractivity contribution in [2.24, 2.45) is 4.99 Å². The van der Waals surface area contributed by atoms with Crippen LogP contribution in [0.15, 0.2) is 4.99 Å². The van der Waals surface area contributed by atoms with Crippen LogP contribution in [0, 0.1) is 0 Å². The van der Waals surface area contributed by atoms with Crippen LogP contribution in [0.3, 0.4) is 0 Å². The molecule has 0 aliphatic rings. The van der Waals surface area contributed by atoms with Crippen molar-refractivity contribution in [3.05, 3.63) is 0 Å². The monoisotopic (exact) mass is 115 g/mol. The highest BCUT2D eigenvalue weighted by Crippen LogP contribution is 1.85. The van der Waals surface area contributed by atoms with Gasteiger partial charge in [-0.1, -0.05) is 6.92 Å². The minimum absolute atomic E-state index is 0.723. The lowest BCUT2D eigenvalue weighted by atomic mass is 10.5. The molecule has 0 aliphatic heterocycles. The Morgan fingerprint density at radius 3 is 2.25 bits per heavy atom. The fourth-order valence-electron chi connectivity index (χ4n) is 0.491. The van der Waals surface area contributed by atoms with Crippen LogP contribution in [0.5, 0.6) is 0 Å². The maximum atomic E-state index is 5.09. The normalized spacial score (nSPS) is 11.6. The van der Waals surface area contributed by atoms with E-state index in [4.69, 9.17) is 4.74 Å². The zero-order chi connectivity index (χ0) is 6.41. The summed E-state index contributed by atoms with van der Waals surface area (Å²) in [5.41, 5.74) is 0. The Morgan fingerprint density at radius 2 is 2.12 bits per heavy atom. The summed E-state index contributed by atoms with van der Waals surface area (Å²) >= 11 is 0. The highest BCUT2D eigenvalue weighted by Gasteiger charge is 1.88. The van der Waals surface area contributed by atoms with Gasteiger partial charge in [0.2, 0.25) is 0 Å². The third-order valence-electron chi connectivity index (χ3n) is 0.863. The first kappa shape index (κ1) is 7.47. The van der Waals surface area contributed by atoms with Gasteiger partial charge in [-0.25, -0.2) is 0 Å². The molecule has 0 heterocycles. The summed E-state index contributed by atoms with van der Waals surface area (Å²) in [5, 5.41) is 0. The van der Waals surface area contributed by atoms with Gasteiger partial charge in [-0.3, -0.25) is 4.99 Å². The second-order valence-electron chi connectivity index (χ2n) is 1.40. The fraction of sp³-hybridized carbons (Fsp3) is 0.833. The lowest BCUT2D eigenvalue weighted by Gasteiger charge is -2.00. The molecule has 0 aliphatic carbocycles. The largest absolute Gasteiger partial charge is 0.481 e. The van der Waals surface area contributed by atoms with E-state index >= 15 is 0 Å². The second kappa shape index (κ2) is 4.62. The van der Waals surface area contributed by atoms with E-state index in [1.807, 2.05) is 13.8 Å². The maximum absolute atomic E-state index is 5.09. The lowest BCUT2D eigenvalue weighted by Crippen LogP contribution is -2.01. The first-order chi connectivity index (χ1) is 3.85. The van der Waals surface area contributed by atoms with Crippen molar-refractivity contribution in [3.8, 4) is 0 Å². The molecule has 0 saturated carbocycles. The van der Waals surface area contributed by atoms with Crippen molar-refractivity contribution in [1.82, 2.24) is 0 Å². The van der Waals surface area contributed by atoms with Crippen molar-refractivity contribution in [1.29, 1.82) is 0 Å². The number of ether oxygens (including phenoxy) is 1. The van der Waals surface area contributed by atoms with Crippen molar-refractivity contribution in [3.63, 3.8) is 0 Å². The number of hydrogen-bond donors (Lipinski definition) is 0. The Labute approximate surface area is 50.6 Å². The summed E-state index contributed by atoms with van der Waals surface area (Å²) in [7, 11) is 1.74. The molecule has 0 saturated heterocycles. The third kappa shape index (κ3) is 2.61. The van der Waals surface area contributed by atoms with E-state index in [2.05, 4.69) is 4.99 Å². The number of hydrogen-bond acceptors (Lipinski definition) is 2. The molecule has 0 aromatic carbocycles. The topological polar surface area (TPSA) is 21.6 Å². The zero-order valence-electron chi connectivity index (χ0n) is 5.77. The van der Waals surface area contributed by atoms with Crippen LogP contribution in [-0.4, -0.2) is 19.6 Å². The Balaban J connectivity index is 3.38. The van der Waals surface area contributed by atoms with E-state index in [0.29, 0.717) is 0 Å². The van der Waals surface area contributed by atoms with E-state index in [-0.39, 0.29) is 0 Å². The smallest absolute Gasteiger partial charge is 0.182 e. The summed E-state index contributed by atoms with van der Waals surface area (Å²) in [5.74, 6) is 0.840. The van der Waals surface area contributed by atoms with Gasteiger partial charge in [-0.2, -0.15) is 0 Å². The highest BCUT2D eigenvalue weighted by atomic mass is 16.5. The molecule has 0 N–H and O–H groups in total. The van der Waals surface area contributed by atoms with Crippen LogP contribution in [0.25, 0.3) is 0 Å². The Hall–Kier alpha value is -0.530. The van der Waals surface area contributed by atoms with Gasteiger partial charge in [0, 0.05) is 13.5 Å². The summed E-state index contributed by atoms with van der Waals surface area (Å²) < 4.78 is 5.09. The van der Waals surface area contributed by atoms with Crippen LogP contribution in [-0.2, 0) is 4.74 Å². The van der Waals surface area contributed by atoms with Crippen LogP contribution in [0.4, 0.5) is 0 Å². The summed E-state index contributed by atoms with van der Waals surface area (Å²) in [6.07, 6.45) is 0.893. The predicted molar refractivity (Wildman–Crippen MR) is 35.3 cm³/mol. The molecule has 0 radical (unpaired) electrons. The quantitative estimate of drug-likeness (QED) is 0.394. The number of nitrogens with zero attached hydrogens (tertiary/aromatic N) is 1. The lowest BCUT2D eigenvalue weighted by molar-refractivity contribution is 0.318. The fourth-order valence-corrected chi connectivity index (χ4v) is 0.491. The van der Waals surface area contributed by atoms with E-state index in [1.54, 1.807) is 7.05 Å². The van der Waals surface area contributed by atoms with E-state index in [0.717, 1.165) is 18.9 Å². The zero-order valence-corrected chi connectivity index (χ0v) is 5.77. The summed E-state index contributed by atoms with van der Waals surface area (Å²) in [4.78, 5) is 3.89. The Kier molecular flexibility index (Phi) is 4.32. The first-order valence-electron chi connectivity index (χ1n) is 2.93. The molecule has 0 atom stereocenters. The van der Waals surface area contributed by atoms with Crippen LogP contribution < -0.4 is 0 Å². The Morgan fingerprint density at radius 1 is 1.50 bits per heavy atom. The van der Waals surface area contributed by atoms with Gasteiger partial charge >= 0.3 is 0 Å². The Bertz CT molecular complexity index is 78.6. The molecule has 8 heavy (non-hydrogen) atoms. The van der Waals surface area contributed by atoms with E-state index < -0.39 is 0 Å². The molecule has 0 bridgehead atoms. The molecular weight excluding hydrogens is 102 g/mol. The first-order valence-corrected chi connectivity index (χ1v) is 2.93. The van der Waals surface area contributed by atoms with Crippen molar-refractivity contribution >= 4 is 5.90 Å². The SMILES string of the molecule is CCOC(CC)=NC. The summed E-state index contributed by atoms with van der Waals surface area (Å²) in [6, 6.07) is 0. The van der Waals surface area contributed by atoms with Gasteiger partial charge in [0.05, 0.1) is 6.61 Å². The minimum Gasteiger partial charge on any atom is -0.481 e. The molecule has 0 spiro atoms. The highest BCUT2D eigenvalue weighted by molar-refractivity contribution is 5.75. The molecule has 2 nitrogen and oxygen atoms in total. The van der Waals surface area contributed by atoms with Gasteiger partial charge in [0.15, 0.2) is 5.90 Å². The van der Waals surface area contributed by atoms with Crippen molar-refractivity contribution in [2.75, 3.05) is 13.7 Å². The molecule has 0 rings (SSSR count). The third-order valence-corrected chi connectivity index (χ3v) is 0.863.